The molecule has 0 aromatic heterocycles. The van der Waals surface area contributed by atoms with E-state index in [1.807, 2.05) is 24.3 Å². The molecular weight excluding hydrogens is 409 g/mol. The highest BCUT2D eigenvalue weighted by Gasteiger charge is 2.23. The van der Waals surface area contributed by atoms with Crippen molar-refractivity contribution in [3.05, 3.63) is 58.1 Å². The molecule has 2 aromatic rings. The van der Waals surface area contributed by atoms with Gasteiger partial charge in [-0.25, -0.2) is 8.42 Å². The Bertz CT molecular complexity index is 958. The predicted molar refractivity (Wildman–Crippen MR) is 109 cm³/mol. The summed E-state index contributed by atoms with van der Waals surface area (Å²) in [6.45, 7) is 2.56. The lowest BCUT2D eigenvalue weighted by molar-refractivity contribution is 0.0747. The number of hydrogen-bond acceptors (Lipinski definition) is 4. The summed E-state index contributed by atoms with van der Waals surface area (Å²) in [5, 5.41) is 0.868. The number of amides is 1. The fourth-order valence-electron chi connectivity index (χ4n) is 2.95. The molecule has 0 unspecified atom stereocenters. The molecule has 1 aliphatic heterocycles. The molecule has 1 amide bonds. The number of nitrogens with one attached hydrogen (secondary N) is 1. The third-order valence-electron chi connectivity index (χ3n) is 4.25. The van der Waals surface area contributed by atoms with Gasteiger partial charge in [0.1, 0.15) is 0 Å². The Morgan fingerprint density at radius 3 is 2.33 bits per heavy atom. The summed E-state index contributed by atoms with van der Waals surface area (Å²) >= 11 is 12.2. The van der Waals surface area contributed by atoms with Gasteiger partial charge in [0.05, 0.1) is 17.0 Å². The highest BCUT2D eigenvalue weighted by molar-refractivity contribution is 7.92. The lowest BCUT2D eigenvalue weighted by Gasteiger charge is -2.36. The van der Waals surface area contributed by atoms with Crippen LogP contribution in [0.3, 0.4) is 0 Å². The SMILES string of the molecule is CS(=O)(=O)Nc1ccc(C(=O)N2CCN(c3cccc(Cl)c3)CC2)cc1Cl. The van der Waals surface area contributed by atoms with Crippen LogP contribution in [-0.2, 0) is 10.0 Å². The molecule has 6 nitrogen and oxygen atoms in total. The van der Waals surface area contributed by atoms with Crippen molar-refractivity contribution in [1.29, 1.82) is 0 Å². The summed E-state index contributed by atoms with van der Waals surface area (Å²) in [5.41, 5.74) is 1.71. The van der Waals surface area contributed by atoms with E-state index in [4.69, 9.17) is 23.2 Å². The molecule has 1 fully saturated rings. The first-order valence-electron chi connectivity index (χ1n) is 8.30. The first-order valence-corrected chi connectivity index (χ1v) is 10.9. The Morgan fingerprint density at radius 1 is 1.04 bits per heavy atom. The van der Waals surface area contributed by atoms with Crippen LogP contribution in [-0.4, -0.2) is 51.7 Å². The molecule has 1 heterocycles. The number of anilines is 2. The van der Waals surface area contributed by atoms with Crippen molar-refractivity contribution in [1.82, 2.24) is 4.90 Å². The highest BCUT2D eigenvalue weighted by Crippen LogP contribution is 2.25. The van der Waals surface area contributed by atoms with Crippen LogP contribution in [0.15, 0.2) is 42.5 Å². The van der Waals surface area contributed by atoms with Crippen molar-refractivity contribution in [2.45, 2.75) is 0 Å². The van der Waals surface area contributed by atoms with E-state index in [0.717, 1.165) is 11.9 Å². The van der Waals surface area contributed by atoms with Crippen LogP contribution in [0, 0.1) is 0 Å². The van der Waals surface area contributed by atoms with Gasteiger partial charge in [-0.05, 0) is 36.4 Å². The van der Waals surface area contributed by atoms with Crippen LogP contribution in [0.1, 0.15) is 10.4 Å². The molecule has 0 saturated carbocycles. The number of halogens is 2. The molecule has 0 radical (unpaired) electrons. The normalized spacial score (nSPS) is 14.9. The number of carbonyl (C=O) groups excluding carboxylic acids is 1. The molecule has 1 saturated heterocycles. The second-order valence-electron chi connectivity index (χ2n) is 6.33. The summed E-state index contributed by atoms with van der Waals surface area (Å²) in [7, 11) is -3.43. The molecule has 1 N–H and O–H groups in total. The van der Waals surface area contributed by atoms with E-state index in [1.54, 1.807) is 11.0 Å². The third-order valence-corrected chi connectivity index (χ3v) is 5.39. The summed E-state index contributed by atoms with van der Waals surface area (Å²) in [4.78, 5) is 16.7. The van der Waals surface area contributed by atoms with Crippen molar-refractivity contribution in [2.24, 2.45) is 0 Å². The van der Waals surface area contributed by atoms with Crippen LogP contribution in [0.4, 0.5) is 11.4 Å². The first kappa shape index (κ1) is 19.8. The molecule has 9 heteroatoms. The molecule has 3 rings (SSSR count). The van der Waals surface area contributed by atoms with Crippen LogP contribution in [0.2, 0.25) is 10.0 Å². The number of hydrogen-bond donors (Lipinski definition) is 1. The smallest absolute Gasteiger partial charge is 0.254 e. The summed E-state index contributed by atoms with van der Waals surface area (Å²) in [6.07, 6.45) is 1.04. The number of nitrogens with zero attached hydrogens (tertiary/aromatic N) is 2. The molecule has 1 aliphatic rings. The minimum atomic E-state index is -3.43. The van der Waals surface area contributed by atoms with E-state index in [9.17, 15) is 13.2 Å². The third kappa shape index (κ3) is 5.06. The number of carbonyl (C=O) groups is 1. The number of piperazine rings is 1. The van der Waals surface area contributed by atoms with E-state index < -0.39 is 10.0 Å². The Hall–Kier alpha value is -1.96. The minimum Gasteiger partial charge on any atom is -0.368 e. The second kappa shape index (κ2) is 7.96. The first-order chi connectivity index (χ1) is 12.7. The van der Waals surface area contributed by atoms with Crippen molar-refractivity contribution >= 4 is 50.5 Å². The zero-order chi connectivity index (χ0) is 19.6. The maximum absolute atomic E-state index is 12.7. The van der Waals surface area contributed by atoms with E-state index in [1.165, 1.54) is 12.1 Å². The van der Waals surface area contributed by atoms with Crippen molar-refractivity contribution in [2.75, 3.05) is 42.1 Å². The van der Waals surface area contributed by atoms with Crippen molar-refractivity contribution < 1.29 is 13.2 Å². The van der Waals surface area contributed by atoms with Gasteiger partial charge in [-0.1, -0.05) is 29.3 Å². The monoisotopic (exact) mass is 427 g/mol. The van der Waals surface area contributed by atoms with Gasteiger partial charge in [0.15, 0.2) is 0 Å². The van der Waals surface area contributed by atoms with Gasteiger partial charge in [0.2, 0.25) is 10.0 Å². The Labute approximate surface area is 168 Å². The van der Waals surface area contributed by atoms with Crippen LogP contribution in [0.25, 0.3) is 0 Å². The maximum atomic E-state index is 12.7. The highest BCUT2D eigenvalue weighted by atomic mass is 35.5. The summed E-state index contributed by atoms with van der Waals surface area (Å²) < 4.78 is 25.0. The topological polar surface area (TPSA) is 69.7 Å². The van der Waals surface area contributed by atoms with Crippen LogP contribution < -0.4 is 9.62 Å². The Kier molecular flexibility index (Phi) is 5.83. The van der Waals surface area contributed by atoms with Gasteiger partial charge in [-0.3, -0.25) is 9.52 Å². The molecule has 0 aliphatic carbocycles. The molecule has 27 heavy (non-hydrogen) atoms. The van der Waals surface area contributed by atoms with Gasteiger partial charge in [-0.2, -0.15) is 0 Å². The van der Waals surface area contributed by atoms with E-state index in [2.05, 4.69) is 9.62 Å². The molecule has 2 aromatic carbocycles. The average molecular weight is 428 g/mol. The van der Waals surface area contributed by atoms with Crippen molar-refractivity contribution in [3.8, 4) is 0 Å². The lowest BCUT2D eigenvalue weighted by atomic mass is 10.1. The van der Waals surface area contributed by atoms with Crippen molar-refractivity contribution in [3.63, 3.8) is 0 Å². The molecular formula is C18H19Cl2N3O3S. The molecule has 0 spiro atoms. The molecule has 0 atom stereocenters. The summed E-state index contributed by atoms with van der Waals surface area (Å²) in [6, 6.07) is 12.2. The van der Waals surface area contributed by atoms with Gasteiger partial charge in [0, 0.05) is 42.5 Å². The van der Waals surface area contributed by atoms with Crippen LogP contribution >= 0.6 is 23.2 Å². The fraction of sp³-hybridized carbons (Fsp3) is 0.278. The van der Waals surface area contributed by atoms with Gasteiger partial charge < -0.3 is 9.80 Å². The largest absolute Gasteiger partial charge is 0.368 e. The Balaban J connectivity index is 1.66. The second-order valence-corrected chi connectivity index (χ2v) is 8.92. The molecule has 0 bridgehead atoms. The zero-order valence-corrected chi connectivity index (χ0v) is 17.0. The Morgan fingerprint density at radius 2 is 1.74 bits per heavy atom. The number of rotatable bonds is 4. The fourth-order valence-corrected chi connectivity index (χ4v) is 4.00. The minimum absolute atomic E-state index is 0.131. The molecule has 144 valence electrons. The number of benzene rings is 2. The van der Waals surface area contributed by atoms with Gasteiger partial charge in [-0.15, -0.1) is 0 Å². The van der Waals surface area contributed by atoms with E-state index in [0.29, 0.717) is 36.8 Å². The predicted octanol–water partition coefficient (Wildman–Crippen LogP) is 3.33. The van der Waals surface area contributed by atoms with E-state index >= 15 is 0 Å². The van der Waals surface area contributed by atoms with Crippen LogP contribution in [0.5, 0.6) is 0 Å². The summed E-state index contributed by atoms with van der Waals surface area (Å²) in [5.74, 6) is -0.131. The lowest BCUT2D eigenvalue weighted by Crippen LogP contribution is -2.48. The standard InChI is InChI=1S/C18H19Cl2N3O3S/c1-27(25,26)21-17-6-5-13(11-16(17)20)18(24)23-9-7-22(8-10-23)15-4-2-3-14(19)12-15/h2-6,11-12,21H,7-10H2,1H3. The average Bonchev–Trinajstić information content (AvgIpc) is 2.62. The van der Waals surface area contributed by atoms with Gasteiger partial charge in [0.25, 0.3) is 5.91 Å². The number of sulfonamides is 1. The maximum Gasteiger partial charge on any atom is 0.254 e. The quantitative estimate of drug-likeness (QED) is 0.811. The zero-order valence-electron chi connectivity index (χ0n) is 14.7. The van der Waals surface area contributed by atoms with Gasteiger partial charge >= 0.3 is 0 Å². The van der Waals surface area contributed by atoms with E-state index in [-0.39, 0.29) is 16.6 Å².